The van der Waals surface area contributed by atoms with E-state index in [2.05, 4.69) is 0 Å². The summed E-state index contributed by atoms with van der Waals surface area (Å²) in [5.74, 6) is 0.213. The van der Waals surface area contributed by atoms with Crippen LogP contribution in [0.25, 0.3) is 0 Å². The quantitative estimate of drug-likeness (QED) is 0.664. The second-order valence-corrected chi connectivity index (χ2v) is 5.59. The van der Waals surface area contributed by atoms with Gasteiger partial charge in [-0.1, -0.05) is 0 Å². The fourth-order valence-corrected chi connectivity index (χ4v) is 2.02. The molecule has 1 heterocycles. The third kappa shape index (κ3) is 2.61. The van der Waals surface area contributed by atoms with E-state index < -0.39 is 0 Å². The molecule has 0 radical (unpaired) electrons. The number of likely N-dealkylation sites (N-methyl/N-ethyl adjacent to an activating group) is 1. The molecule has 92 valence electrons. The SMILES string of the molecule is CC(=O)C1CCCN1C(=O)C(C)[N+](C)(C)C. The number of rotatable bonds is 3. The molecule has 16 heavy (non-hydrogen) atoms. The van der Waals surface area contributed by atoms with E-state index in [1.807, 2.05) is 28.1 Å². The summed E-state index contributed by atoms with van der Waals surface area (Å²) in [5, 5.41) is 0. The molecule has 1 rings (SSSR count). The molecule has 1 saturated heterocycles. The van der Waals surface area contributed by atoms with Crippen LogP contribution < -0.4 is 0 Å². The van der Waals surface area contributed by atoms with Crippen molar-refractivity contribution in [2.24, 2.45) is 0 Å². The standard InChI is InChI=1S/C12H23N2O2/c1-9(14(3,4)5)12(16)13-8-6-7-11(13)10(2)15/h9,11H,6-8H2,1-5H3/q+1. The molecule has 0 aromatic carbocycles. The van der Waals surface area contributed by atoms with E-state index in [0.29, 0.717) is 4.48 Å². The van der Waals surface area contributed by atoms with Crippen molar-refractivity contribution in [1.82, 2.24) is 4.90 Å². The fraction of sp³-hybridized carbons (Fsp3) is 0.833. The molecule has 2 atom stereocenters. The lowest BCUT2D eigenvalue weighted by molar-refractivity contribution is -0.884. The minimum Gasteiger partial charge on any atom is -0.328 e. The van der Waals surface area contributed by atoms with Gasteiger partial charge in [0, 0.05) is 6.54 Å². The Balaban J connectivity index is 2.77. The summed E-state index contributed by atoms with van der Waals surface area (Å²) in [7, 11) is 6.00. The Hall–Kier alpha value is -0.900. The average molecular weight is 227 g/mol. The van der Waals surface area contributed by atoms with E-state index in [1.165, 1.54) is 0 Å². The molecule has 1 amide bonds. The zero-order chi connectivity index (χ0) is 12.5. The third-order valence-electron chi connectivity index (χ3n) is 3.52. The summed E-state index contributed by atoms with van der Waals surface area (Å²) in [6.45, 7) is 4.23. The van der Waals surface area contributed by atoms with Crippen molar-refractivity contribution in [2.45, 2.75) is 38.8 Å². The van der Waals surface area contributed by atoms with Crippen LogP contribution in [0.3, 0.4) is 0 Å². The van der Waals surface area contributed by atoms with Crippen LogP contribution in [0, 0.1) is 0 Å². The first-order valence-electron chi connectivity index (χ1n) is 5.87. The van der Waals surface area contributed by atoms with Gasteiger partial charge in [-0.25, -0.2) is 0 Å². The highest BCUT2D eigenvalue weighted by Gasteiger charge is 2.38. The van der Waals surface area contributed by atoms with Crippen LogP contribution in [0.1, 0.15) is 26.7 Å². The molecule has 0 aliphatic carbocycles. The van der Waals surface area contributed by atoms with E-state index in [1.54, 1.807) is 11.8 Å². The number of amides is 1. The van der Waals surface area contributed by atoms with E-state index in [0.717, 1.165) is 19.4 Å². The van der Waals surface area contributed by atoms with Crippen molar-refractivity contribution in [3.05, 3.63) is 0 Å². The zero-order valence-corrected chi connectivity index (χ0v) is 11.0. The summed E-state index contributed by atoms with van der Waals surface area (Å²) in [6, 6.07) is -0.276. The molecular formula is C12H23N2O2+. The van der Waals surface area contributed by atoms with E-state index >= 15 is 0 Å². The van der Waals surface area contributed by atoms with Gasteiger partial charge >= 0.3 is 0 Å². The van der Waals surface area contributed by atoms with Crippen molar-refractivity contribution in [3.63, 3.8) is 0 Å². The topological polar surface area (TPSA) is 37.4 Å². The van der Waals surface area contributed by atoms with Crippen molar-refractivity contribution in [2.75, 3.05) is 27.7 Å². The number of carbonyl (C=O) groups excluding carboxylic acids is 2. The van der Waals surface area contributed by atoms with Gasteiger partial charge in [0.15, 0.2) is 11.8 Å². The minimum absolute atomic E-state index is 0.0973. The highest BCUT2D eigenvalue weighted by molar-refractivity contribution is 5.89. The summed E-state index contributed by atoms with van der Waals surface area (Å²) < 4.78 is 0.597. The van der Waals surface area contributed by atoms with Crippen LogP contribution in [-0.2, 0) is 9.59 Å². The third-order valence-corrected chi connectivity index (χ3v) is 3.52. The fourth-order valence-electron chi connectivity index (χ4n) is 2.02. The maximum Gasteiger partial charge on any atom is 0.281 e. The van der Waals surface area contributed by atoms with Crippen molar-refractivity contribution in [1.29, 1.82) is 0 Å². The normalized spacial score (nSPS) is 23.3. The van der Waals surface area contributed by atoms with Gasteiger partial charge in [0.05, 0.1) is 27.2 Å². The molecule has 4 nitrogen and oxygen atoms in total. The average Bonchev–Trinajstić information content (AvgIpc) is 2.62. The van der Waals surface area contributed by atoms with E-state index in [4.69, 9.17) is 0 Å². The molecule has 0 spiro atoms. The second-order valence-electron chi connectivity index (χ2n) is 5.59. The highest BCUT2D eigenvalue weighted by Crippen LogP contribution is 2.20. The van der Waals surface area contributed by atoms with Crippen LogP contribution >= 0.6 is 0 Å². The minimum atomic E-state index is -0.179. The summed E-state index contributed by atoms with van der Waals surface area (Å²) in [5.41, 5.74) is 0. The van der Waals surface area contributed by atoms with Crippen LogP contribution in [0.15, 0.2) is 0 Å². The maximum atomic E-state index is 12.3. The number of nitrogens with zero attached hydrogens (tertiary/aromatic N) is 2. The van der Waals surface area contributed by atoms with Crippen LogP contribution in [0.4, 0.5) is 0 Å². The van der Waals surface area contributed by atoms with Crippen LogP contribution in [0.2, 0.25) is 0 Å². The molecule has 0 N–H and O–H groups in total. The number of hydrogen-bond donors (Lipinski definition) is 0. The molecule has 1 aliphatic heterocycles. The van der Waals surface area contributed by atoms with Crippen LogP contribution in [-0.4, -0.2) is 60.8 Å². The molecule has 0 aromatic heterocycles. The smallest absolute Gasteiger partial charge is 0.281 e. The highest BCUT2D eigenvalue weighted by atomic mass is 16.2. The lowest BCUT2D eigenvalue weighted by atomic mass is 10.1. The molecule has 0 bridgehead atoms. The number of Topliss-reactive ketones (excluding diaryl/α,β-unsaturated/α-hetero) is 1. The van der Waals surface area contributed by atoms with Gasteiger partial charge in [0.25, 0.3) is 5.91 Å². The number of quaternary nitrogens is 1. The molecule has 4 heteroatoms. The molecule has 0 saturated carbocycles. The lowest BCUT2D eigenvalue weighted by Gasteiger charge is -2.34. The predicted octanol–water partition coefficient (Wildman–Crippen LogP) is 0.661. The summed E-state index contributed by atoms with van der Waals surface area (Å²) in [4.78, 5) is 25.5. The first kappa shape index (κ1) is 13.2. The van der Waals surface area contributed by atoms with Gasteiger partial charge in [-0.2, -0.15) is 0 Å². The Morgan fingerprint density at radius 2 is 1.88 bits per heavy atom. The monoisotopic (exact) mass is 227 g/mol. The molecule has 1 aliphatic rings. The van der Waals surface area contributed by atoms with Gasteiger partial charge in [-0.15, -0.1) is 0 Å². The van der Waals surface area contributed by atoms with Gasteiger partial charge < -0.3 is 9.38 Å². The Bertz CT molecular complexity index is 294. The first-order chi connectivity index (χ1) is 7.25. The Morgan fingerprint density at radius 3 is 2.31 bits per heavy atom. The summed E-state index contributed by atoms with van der Waals surface area (Å²) in [6.07, 6.45) is 1.77. The van der Waals surface area contributed by atoms with E-state index in [9.17, 15) is 9.59 Å². The largest absolute Gasteiger partial charge is 0.328 e. The van der Waals surface area contributed by atoms with Gasteiger partial charge in [0.1, 0.15) is 0 Å². The zero-order valence-electron chi connectivity index (χ0n) is 11.0. The van der Waals surface area contributed by atoms with Crippen molar-refractivity contribution in [3.8, 4) is 0 Å². The Labute approximate surface area is 97.8 Å². The number of likely N-dealkylation sites (tertiary alicyclic amines) is 1. The Kier molecular flexibility index (Phi) is 3.73. The summed E-state index contributed by atoms with van der Waals surface area (Å²) >= 11 is 0. The lowest BCUT2D eigenvalue weighted by Crippen LogP contribution is -2.55. The number of carbonyl (C=O) groups is 2. The number of ketones is 1. The maximum absolute atomic E-state index is 12.3. The molecular weight excluding hydrogens is 204 g/mol. The Morgan fingerprint density at radius 1 is 1.31 bits per heavy atom. The predicted molar refractivity (Wildman–Crippen MR) is 62.9 cm³/mol. The van der Waals surface area contributed by atoms with Crippen molar-refractivity contribution >= 4 is 11.7 Å². The van der Waals surface area contributed by atoms with Gasteiger partial charge in [0.2, 0.25) is 0 Å². The molecule has 2 unspecified atom stereocenters. The first-order valence-corrected chi connectivity index (χ1v) is 5.87. The van der Waals surface area contributed by atoms with Gasteiger partial charge in [-0.3, -0.25) is 9.59 Å². The molecule has 1 fully saturated rings. The molecule has 0 aromatic rings. The van der Waals surface area contributed by atoms with Crippen LogP contribution in [0.5, 0.6) is 0 Å². The van der Waals surface area contributed by atoms with Crippen molar-refractivity contribution < 1.29 is 14.1 Å². The number of hydrogen-bond acceptors (Lipinski definition) is 2. The van der Waals surface area contributed by atoms with E-state index in [-0.39, 0.29) is 23.8 Å². The second kappa shape index (κ2) is 4.53. The van der Waals surface area contributed by atoms with Gasteiger partial charge in [-0.05, 0) is 26.7 Å².